The minimum absolute atomic E-state index is 0. The Kier molecular flexibility index (Phi) is 6.98. The van der Waals surface area contributed by atoms with Crippen molar-refractivity contribution in [3.05, 3.63) is 41.8 Å². The van der Waals surface area contributed by atoms with Crippen LogP contribution < -0.4 is 0 Å². The van der Waals surface area contributed by atoms with E-state index in [0.29, 0.717) is 0 Å². The molecule has 0 N–H and O–H groups in total. The summed E-state index contributed by atoms with van der Waals surface area (Å²) in [6.07, 6.45) is 2.33. The Balaban J connectivity index is 0.00000121. The van der Waals surface area contributed by atoms with Crippen molar-refractivity contribution in [2.75, 3.05) is 0 Å². The van der Waals surface area contributed by atoms with Crippen molar-refractivity contribution in [2.24, 2.45) is 0 Å². The summed E-state index contributed by atoms with van der Waals surface area (Å²) >= 11 is 0. The number of rotatable bonds is 3. The van der Waals surface area contributed by atoms with Gasteiger partial charge in [-0.25, -0.2) is 0 Å². The molecule has 0 aliphatic rings. The molecule has 1 aromatic carbocycles. The van der Waals surface area contributed by atoms with Crippen molar-refractivity contribution in [3.63, 3.8) is 0 Å². The molecule has 0 aliphatic heterocycles. The molecule has 0 nitrogen and oxygen atoms in total. The molecule has 0 spiro atoms. The van der Waals surface area contributed by atoms with E-state index in [-0.39, 0.29) is 32.7 Å². The largest absolute Gasteiger partial charge is 0.313 e. The minimum Gasteiger partial charge on any atom is -0.313 e. The molecule has 0 bridgehead atoms. The first-order chi connectivity index (χ1) is 5.33. The van der Waals surface area contributed by atoms with Gasteiger partial charge in [-0.15, -0.1) is 0 Å². The first kappa shape index (κ1) is 12.3. The second-order valence-electron chi connectivity index (χ2n) is 2.97. The van der Waals surface area contributed by atoms with Gasteiger partial charge < -0.3 is 5.92 Å². The van der Waals surface area contributed by atoms with Gasteiger partial charge in [0, 0.05) is 32.7 Å². The number of hydrogen-bond acceptors (Lipinski definition) is 0. The van der Waals surface area contributed by atoms with E-state index in [4.69, 9.17) is 0 Å². The van der Waals surface area contributed by atoms with Crippen LogP contribution in [-0.2, 0) is 39.1 Å². The van der Waals surface area contributed by atoms with Gasteiger partial charge in [-0.3, -0.25) is 0 Å². The number of benzene rings is 1. The fraction of sp³-hybridized carbons (Fsp3) is 0.364. The molecule has 0 atom stereocenters. The van der Waals surface area contributed by atoms with E-state index in [9.17, 15) is 0 Å². The summed E-state index contributed by atoms with van der Waals surface area (Å²) in [6.45, 7) is 4.42. The molecule has 1 heteroatoms. The van der Waals surface area contributed by atoms with E-state index in [0.717, 1.165) is 6.42 Å². The smallest absolute Gasteiger partial charge is 0 e. The standard InChI is InChI=1S/C11H15.Y/c1-3-10(2)9-11-7-5-4-6-8-11;/h4-8H,3,9H2,1-2H3;/q-1;. The van der Waals surface area contributed by atoms with E-state index in [1.807, 2.05) is 0 Å². The third-order valence-electron chi connectivity index (χ3n) is 1.95. The van der Waals surface area contributed by atoms with Crippen molar-refractivity contribution in [1.29, 1.82) is 0 Å². The van der Waals surface area contributed by atoms with Crippen LogP contribution in [-0.4, -0.2) is 0 Å². The average Bonchev–Trinajstić information content (AvgIpc) is 2.06. The van der Waals surface area contributed by atoms with Gasteiger partial charge in [-0.1, -0.05) is 42.8 Å². The molecule has 0 aliphatic carbocycles. The fourth-order valence-electron chi connectivity index (χ4n) is 1.07. The molecule has 0 heterocycles. The topological polar surface area (TPSA) is 0 Å². The maximum Gasteiger partial charge on any atom is 0 e. The minimum atomic E-state index is 0. The summed E-state index contributed by atoms with van der Waals surface area (Å²) in [5.74, 6) is 1.55. The molecular weight excluding hydrogens is 221 g/mol. The van der Waals surface area contributed by atoms with Crippen LogP contribution in [0.1, 0.15) is 25.8 Å². The van der Waals surface area contributed by atoms with Crippen LogP contribution in [0.2, 0.25) is 0 Å². The maximum absolute atomic E-state index is 2.22. The Morgan fingerprint density at radius 2 is 1.75 bits per heavy atom. The van der Waals surface area contributed by atoms with Crippen LogP contribution in [0.25, 0.3) is 0 Å². The van der Waals surface area contributed by atoms with E-state index in [1.54, 1.807) is 5.92 Å². The van der Waals surface area contributed by atoms with Crippen LogP contribution >= 0.6 is 0 Å². The van der Waals surface area contributed by atoms with Crippen molar-refractivity contribution < 1.29 is 32.7 Å². The van der Waals surface area contributed by atoms with Gasteiger partial charge in [0.15, 0.2) is 0 Å². The molecule has 0 amide bonds. The monoisotopic (exact) mass is 236 g/mol. The molecule has 0 aromatic heterocycles. The summed E-state index contributed by atoms with van der Waals surface area (Å²) < 4.78 is 0. The third-order valence-corrected chi connectivity index (χ3v) is 1.95. The molecule has 0 saturated carbocycles. The molecule has 0 saturated heterocycles. The Bertz CT molecular complexity index is 193. The molecule has 63 valence electrons. The molecule has 1 rings (SSSR count). The first-order valence-corrected chi connectivity index (χ1v) is 4.18. The normalized spacial score (nSPS) is 9.58. The zero-order valence-corrected chi connectivity index (χ0v) is 10.7. The zero-order chi connectivity index (χ0) is 8.10. The van der Waals surface area contributed by atoms with Crippen molar-refractivity contribution >= 4 is 0 Å². The second kappa shape index (κ2) is 6.80. The Labute approximate surface area is 101 Å². The third kappa shape index (κ3) is 4.37. The fourth-order valence-corrected chi connectivity index (χ4v) is 1.07. The van der Waals surface area contributed by atoms with Crippen LogP contribution in [0.4, 0.5) is 0 Å². The van der Waals surface area contributed by atoms with Gasteiger partial charge in [-0.05, 0) is 0 Å². The predicted molar refractivity (Wildman–Crippen MR) is 49.4 cm³/mol. The number of hydrogen-bond donors (Lipinski definition) is 0. The zero-order valence-electron chi connectivity index (χ0n) is 7.88. The van der Waals surface area contributed by atoms with E-state index in [1.165, 1.54) is 12.0 Å². The summed E-state index contributed by atoms with van der Waals surface area (Å²) in [5.41, 5.74) is 1.42. The first-order valence-electron chi connectivity index (χ1n) is 4.18. The summed E-state index contributed by atoms with van der Waals surface area (Å²) in [5, 5.41) is 0. The van der Waals surface area contributed by atoms with Crippen molar-refractivity contribution in [2.45, 2.75) is 26.7 Å². The summed E-state index contributed by atoms with van der Waals surface area (Å²) in [4.78, 5) is 0. The van der Waals surface area contributed by atoms with Crippen LogP contribution in [0.15, 0.2) is 30.3 Å². The quantitative estimate of drug-likeness (QED) is 0.707. The van der Waals surface area contributed by atoms with Crippen LogP contribution in [0.3, 0.4) is 0 Å². The molecule has 1 radical (unpaired) electrons. The van der Waals surface area contributed by atoms with Crippen molar-refractivity contribution in [3.8, 4) is 0 Å². The molecule has 12 heavy (non-hydrogen) atoms. The molecule has 0 fully saturated rings. The molecule has 0 unspecified atom stereocenters. The Morgan fingerprint density at radius 1 is 1.17 bits per heavy atom. The Morgan fingerprint density at radius 3 is 2.25 bits per heavy atom. The van der Waals surface area contributed by atoms with Gasteiger partial charge in [-0.2, -0.15) is 19.8 Å². The SMILES string of the molecule is CC[C-](C)Cc1ccccc1.[Y]. The van der Waals surface area contributed by atoms with E-state index >= 15 is 0 Å². The van der Waals surface area contributed by atoms with Crippen LogP contribution in [0.5, 0.6) is 0 Å². The van der Waals surface area contributed by atoms with Gasteiger partial charge in [0.1, 0.15) is 0 Å². The summed E-state index contributed by atoms with van der Waals surface area (Å²) in [6, 6.07) is 10.6. The van der Waals surface area contributed by atoms with Gasteiger partial charge in [0.05, 0.1) is 0 Å². The molecular formula is C11H15Y-. The van der Waals surface area contributed by atoms with Gasteiger partial charge in [0.25, 0.3) is 0 Å². The Hall–Kier alpha value is 0.324. The molecule has 1 aromatic rings. The summed E-state index contributed by atoms with van der Waals surface area (Å²) in [7, 11) is 0. The van der Waals surface area contributed by atoms with E-state index in [2.05, 4.69) is 44.2 Å². The predicted octanol–water partition coefficient (Wildman–Crippen LogP) is 3.23. The maximum atomic E-state index is 2.22. The van der Waals surface area contributed by atoms with Gasteiger partial charge >= 0.3 is 0 Å². The average molecular weight is 236 g/mol. The van der Waals surface area contributed by atoms with Crippen LogP contribution in [0, 0.1) is 5.92 Å². The van der Waals surface area contributed by atoms with E-state index < -0.39 is 0 Å². The van der Waals surface area contributed by atoms with Crippen molar-refractivity contribution in [1.82, 2.24) is 0 Å². The second-order valence-corrected chi connectivity index (χ2v) is 2.97. The van der Waals surface area contributed by atoms with Gasteiger partial charge in [0.2, 0.25) is 0 Å².